The van der Waals surface area contributed by atoms with Gasteiger partial charge in [0.25, 0.3) is 0 Å². The molecule has 192 valence electrons. The highest BCUT2D eigenvalue weighted by atomic mass is 16.4. The molecule has 3 aromatic carbocycles. The molecule has 0 bridgehead atoms. The Labute approximate surface area is 217 Å². The van der Waals surface area contributed by atoms with E-state index in [1.165, 1.54) is 12.1 Å². The number of phenols is 1. The van der Waals surface area contributed by atoms with Crippen molar-refractivity contribution >= 4 is 33.8 Å². The Morgan fingerprint density at radius 1 is 0.947 bits per heavy atom. The summed E-state index contributed by atoms with van der Waals surface area (Å²) in [5, 5.41) is 23.0. The fourth-order valence-corrected chi connectivity index (χ4v) is 4.54. The number of nitrogens with one attached hydrogen (secondary N) is 1. The number of carboxylic acids is 1. The lowest BCUT2D eigenvalue weighted by Gasteiger charge is -2.15. The van der Waals surface area contributed by atoms with E-state index in [2.05, 4.69) is 5.32 Å². The monoisotopic (exact) mass is 511 g/mol. The number of carboxylic acid groups (broad SMARTS) is 1. The van der Waals surface area contributed by atoms with Gasteiger partial charge in [-0.25, -0.2) is 9.59 Å². The van der Waals surface area contributed by atoms with E-state index in [1.54, 1.807) is 31.4 Å². The average Bonchev–Trinajstić information content (AvgIpc) is 3.29. The average molecular weight is 512 g/mol. The molecule has 38 heavy (non-hydrogen) atoms. The summed E-state index contributed by atoms with van der Waals surface area (Å²) in [6, 6.07) is 16.5. The van der Waals surface area contributed by atoms with Gasteiger partial charge in [0.05, 0.1) is 18.2 Å². The van der Waals surface area contributed by atoms with Crippen LogP contribution in [0, 0.1) is 13.8 Å². The van der Waals surface area contributed by atoms with Gasteiger partial charge in [0, 0.05) is 28.8 Å². The number of hydrogen-bond donors (Lipinski definition) is 3. The van der Waals surface area contributed by atoms with Crippen LogP contribution in [0.1, 0.15) is 22.3 Å². The van der Waals surface area contributed by atoms with Crippen molar-refractivity contribution in [1.82, 2.24) is 5.32 Å². The van der Waals surface area contributed by atoms with Crippen LogP contribution in [0.15, 0.2) is 80.6 Å². The first-order chi connectivity index (χ1) is 18.2. The van der Waals surface area contributed by atoms with Gasteiger partial charge >= 0.3 is 11.6 Å². The Hall–Kier alpha value is -4.85. The van der Waals surface area contributed by atoms with Crippen LogP contribution in [-0.2, 0) is 22.4 Å². The smallest absolute Gasteiger partial charge is 0.340 e. The van der Waals surface area contributed by atoms with Crippen LogP contribution in [0.25, 0.3) is 33.1 Å². The van der Waals surface area contributed by atoms with Crippen molar-refractivity contribution in [2.45, 2.75) is 32.7 Å². The standard InChI is InChI=1S/C30H25NO7/c1-16-3-7-19(8-4-16)24-15-37-26-14-27-21(12-23(24)26)17(2)22(30(36)38-27)13-28(33)31-25(29(34)35)11-18-5-9-20(32)10-6-18/h3-10,12,14-15,25,32H,11,13H2,1-2H3,(H,31,33)(H,34,35)/t25-/m0/s1. The molecular formula is C30H25NO7. The van der Waals surface area contributed by atoms with E-state index >= 15 is 0 Å². The van der Waals surface area contributed by atoms with Crippen molar-refractivity contribution < 1.29 is 28.6 Å². The van der Waals surface area contributed by atoms with E-state index in [1.807, 2.05) is 37.3 Å². The van der Waals surface area contributed by atoms with Gasteiger partial charge in [-0.3, -0.25) is 4.79 Å². The Morgan fingerprint density at radius 3 is 2.34 bits per heavy atom. The zero-order valence-corrected chi connectivity index (χ0v) is 20.8. The first-order valence-electron chi connectivity index (χ1n) is 12.0. The van der Waals surface area contributed by atoms with Crippen LogP contribution < -0.4 is 10.9 Å². The Kier molecular flexibility index (Phi) is 6.46. The van der Waals surface area contributed by atoms with Gasteiger partial charge in [0.15, 0.2) is 0 Å². The van der Waals surface area contributed by atoms with Crippen LogP contribution in [-0.4, -0.2) is 28.1 Å². The lowest BCUT2D eigenvalue weighted by atomic mass is 9.99. The Bertz CT molecular complexity index is 1730. The van der Waals surface area contributed by atoms with E-state index in [0.29, 0.717) is 27.7 Å². The van der Waals surface area contributed by atoms with E-state index < -0.39 is 23.5 Å². The van der Waals surface area contributed by atoms with Crippen molar-refractivity contribution in [3.05, 3.63) is 99.6 Å². The lowest BCUT2D eigenvalue weighted by Crippen LogP contribution is -2.43. The summed E-state index contributed by atoms with van der Waals surface area (Å²) in [7, 11) is 0. The highest BCUT2D eigenvalue weighted by molar-refractivity contribution is 6.02. The maximum atomic E-state index is 12.8. The van der Waals surface area contributed by atoms with Crippen molar-refractivity contribution in [2.75, 3.05) is 0 Å². The quantitative estimate of drug-likeness (QED) is 0.265. The fourth-order valence-electron chi connectivity index (χ4n) is 4.54. The highest BCUT2D eigenvalue weighted by Crippen LogP contribution is 2.34. The van der Waals surface area contributed by atoms with E-state index in [-0.39, 0.29) is 24.2 Å². The summed E-state index contributed by atoms with van der Waals surface area (Å²) in [5.74, 6) is -1.77. The molecule has 0 fully saturated rings. The molecule has 0 aliphatic rings. The molecule has 3 N–H and O–H groups in total. The maximum Gasteiger partial charge on any atom is 0.340 e. The normalized spacial score (nSPS) is 12.1. The third kappa shape index (κ3) is 4.88. The predicted molar refractivity (Wildman–Crippen MR) is 142 cm³/mol. The topological polar surface area (TPSA) is 130 Å². The molecule has 0 radical (unpaired) electrons. The number of phenolic OH excluding ortho intramolecular Hbond substituents is 1. The number of amides is 1. The van der Waals surface area contributed by atoms with Crippen molar-refractivity contribution in [3.63, 3.8) is 0 Å². The molecule has 0 saturated carbocycles. The Morgan fingerprint density at radius 2 is 1.66 bits per heavy atom. The highest BCUT2D eigenvalue weighted by Gasteiger charge is 2.23. The number of aromatic hydroxyl groups is 1. The van der Waals surface area contributed by atoms with Crippen molar-refractivity contribution in [2.24, 2.45) is 0 Å². The maximum absolute atomic E-state index is 12.8. The summed E-state index contributed by atoms with van der Waals surface area (Å²) in [6.07, 6.45) is 1.35. The molecule has 0 unspecified atom stereocenters. The zero-order chi connectivity index (χ0) is 27.0. The van der Waals surface area contributed by atoms with Crippen LogP contribution in [0.3, 0.4) is 0 Å². The summed E-state index contributed by atoms with van der Waals surface area (Å²) in [6.45, 7) is 3.75. The second kappa shape index (κ2) is 9.89. The molecule has 8 heteroatoms. The number of furan rings is 1. The third-order valence-electron chi connectivity index (χ3n) is 6.69. The number of carbonyl (C=O) groups excluding carboxylic acids is 1. The molecular weight excluding hydrogens is 486 g/mol. The molecule has 2 heterocycles. The van der Waals surface area contributed by atoms with E-state index in [9.17, 15) is 24.6 Å². The number of aliphatic carboxylic acids is 1. The first kappa shape index (κ1) is 24.8. The SMILES string of the molecule is Cc1ccc(-c2coc3cc4oc(=O)c(CC(=O)N[C@@H](Cc5ccc(O)cc5)C(=O)O)c(C)c4cc23)cc1. The molecule has 5 aromatic rings. The van der Waals surface area contributed by atoms with Crippen LogP contribution in [0.5, 0.6) is 5.75 Å². The number of rotatable bonds is 7. The zero-order valence-electron chi connectivity index (χ0n) is 20.8. The minimum Gasteiger partial charge on any atom is -0.508 e. The van der Waals surface area contributed by atoms with Crippen molar-refractivity contribution in [1.29, 1.82) is 0 Å². The van der Waals surface area contributed by atoms with Crippen LogP contribution >= 0.6 is 0 Å². The minimum atomic E-state index is -1.21. The molecule has 0 aliphatic heterocycles. The first-order valence-corrected chi connectivity index (χ1v) is 12.0. The predicted octanol–water partition coefficient (Wildman–Crippen LogP) is 4.88. The van der Waals surface area contributed by atoms with Gasteiger partial charge in [0.2, 0.25) is 5.91 Å². The largest absolute Gasteiger partial charge is 0.508 e. The minimum absolute atomic E-state index is 0.0208. The van der Waals surface area contributed by atoms with Gasteiger partial charge in [-0.05, 0) is 48.7 Å². The molecule has 5 rings (SSSR count). The van der Waals surface area contributed by atoms with E-state index in [4.69, 9.17) is 8.83 Å². The number of carbonyl (C=O) groups is 2. The molecule has 0 aliphatic carbocycles. The van der Waals surface area contributed by atoms with Gasteiger partial charge in [-0.15, -0.1) is 0 Å². The fraction of sp³-hybridized carbons (Fsp3) is 0.167. The molecule has 2 aromatic heterocycles. The summed E-state index contributed by atoms with van der Waals surface area (Å²) >= 11 is 0. The number of fused-ring (bicyclic) bond motifs is 2. The molecule has 1 amide bonds. The van der Waals surface area contributed by atoms with Crippen molar-refractivity contribution in [3.8, 4) is 16.9 Å². The summed E-state index contributed by atoms with van der Waals surface area (Å²) < 4.78 is 11.3. The second-order valence-electron chi connectivity index (χ2n) is 9.36. The third-order valence-corrected chi connectivity index (χ3v) is 6.69. The second-order valence-corrected chi connectivity index (χ2v) is 9.36. The summed E-state index contributed by atoms with van der Waals surface area (Å²) in [4.78, 5) is 37.4. The van der Waals surface area contributed by atoms with E-state index in [0.717, 1.165) is 22.1 Å². The van der Waals surface area contributed by atoms with Crippen LogP contribution in [0.4, 0.5) is 0 Å². The number of aryl methyl sites for hydroxylation is 2. The molecule has 0 saturated heterocycles. The van der Waals surface area contributed by atoms with Gasteiger partial charge in [-0.2, -0.15) is 0 Å². The van der Waals surface area contributed by atoms with Crippen LogP contribution in [0.2, 0.25) is 0 Å². The van der Waals surface area contributed by atoms with Gasteiger partial charge in [0.1, 0.15) is 23.0 Å². The molecule has 0 spiro atoms. The number of benzene rings is 3. The molecule has 1 atom stereocenters. The Balaban J connectivity index is 1.45. The van der Waals surface area contributed by atoms with Gasteiger partial charge in [-0.1, -0.05) is 42.0 Å². The summed E-state index contributed by atoms with van der Waals surface area (Å²) in [5.41, 5.74) is 4.62. The number of hydrogen-bond acceptors (Lipinski definition) is 6. The lowest BCUT2D eigenvalue weighted by molar-refractivity contribution is -0.141. The molecule has 8 nitrogen and oxygen atoms in total. The van der Waals surface area contributed by atoms with Gasteiger partial charge < -0.3 is 24.4 Å².